The van der Waals surface area contributed by atoms with Gasteiger partial charge in [-0.1, -0.05) is 0 Å². The molecule has 0 fully saturated rings. The van der Waals surface area contributed by atoms with Crippen LogP contribution >= 0.6 is 0 Å². The molecule has 266 valence electrons. The van der Waals surface area contributed by atoms with Crippen molar-refractivity contribution in [3.63, 3.8) is 0 Å². The third kappa shape index (κ3) is 41.4. The van der Waals surface area contributed by atoms with Crippen molar-refractivity contribution >= 4 is 0 Å². The predicted octanol–water partition coefficient (Wildman–Crippen LogP) is 0.391. The summed E-state index contributed by atoms with van der Waals surface area (Å²) in [6.07, 6.45) is 0. The average molecular weight is 650 g/mol. The van der Waals surface area contributed by atoms with Gasteiger partial charge in [-0.15, -0.1) is 0 Å². The average Bonchev–Trinajstić information content (AvgIpc) is 3.04. The monoisotopic (exact) mass is 649 g/mol. The van der Waals surface area contributed by atoms with E-state index in [-0.39, 0.29) is 6.61 Å². The Labute approximate surface area is 263 Å². The highest BCUT2D eigenvalue weighted by molar-refractivity contribution is 4.40. The van der Waals surface area contributed by atoms with Gasteiger partial charge in [-0.25, -0.2) is 4.39 Å². The molecule has 1 N–H and O–H groups in total. The van der Waals surface area contributed by atoms with Gasteiger partial charge >= 0.3 is 0 Å². The van der Waals surface area contributed by atoms with Crippen LogP contribution in [-0.4, -0.2) is 192 Å². The van der Waals surface area contributed by atoms with E-state index in [0.717, 1.165) is 6.54 Å². The molecule has 14 nitrogen and oxygen atoms in total. The van der Waals surface area contributed by atoms with Crippen molar-refractivity contribution in [2.75, 3.05) is 192 Å². The lowest BCUT2D eigenvalue weighted by molar-refractivity contribution is -0.0290. The predicted molar refractivity (Wildman–Crippen MR) is 161 cm³/mol. The van der Waals surface area contributed by atoms with Gasteiger partial charge in [0.2, 0.25) is 0 Å². The normalized spacial score (nSPS) is 11.6. The van der Waals surface area contributed by atoms with Gasteiger partial charge < -0.3 is 66.9 Å². The minimum atomic E-state index is -0.475. The minimum absolute atomic E-state index is 0.113. The van der Waals surface area contributed by atoms with Crippen LogP contribution in [0.5, 0.6) is 0 Å². The van der Waals surface area contributed by atoms with Crippen LogP contribution < -0.4 is 5.32 Å². The smallest absolute Gasteiger partial charge is 0.113 e. The molecule has 0 saturated carbocycles. The molecule has 0 rings (SSSR count). The summed E-state index contributed by atoms with van der Waals surface area (Å²) in [5.74, 6) is 0. The SMILES string of the molecule is CNCCOCCOCCOCCOCCOCCOCCOCCOCCOCCOCCOCCOCCOCCF. The highest BCUT2D eigenvalue weighted by Crippen LogP contribution is 1.87. The van der Waals surface area contributed by atoms with Crippen LogP contribution in [0.25, 0.3) is 0 Å². The van der Waals surface area contributed by atoms with Crippen molar-refractivity contribution in [2.45, 2.75) is 0 Å². The van der Waals surface area contributed by atoms with Gasteiger partial charge in [0.25, 0.3) is 0 Å². The van der Waals surface area contributed by atoms with Crippen molar-refractivity contribution < 1.29 is 66.0 Å². The second-order valence-corrected chi connectivity index (χ2v) is 8.75. The molecule has 0 unspecified atom stereocenters. The second kappa shape index (κ2) is 42.4. The highest BCUT2D eigenvalue weighted by Gasteiger charge is 1.97. The molecule has 0 amide bonds. The zero-order valence-corrected chi connectivity index (χ0v) is 27.0. The van der Waals surface area contributed by atoms with Gasteiger partial charge in [0, 0.05) is 6.54 Å². The summed E-state index contributed by atoms with van der Waals surface area (Å²) in [4.78, 5) is 0. The van der Waals surface area contributed by atoms with Crippen molar-refractivity contribution in [1.82, 2.24) is 5.32 Å². The molecule has 44 heavy (non-hydrogen) atoms. The summed E-state index contributed by atoms with van der Waals surface area (Å²) < 4.78 is 81.8. The first-order chi connectivity index (χ1) is 21.9. The molecule has 0 aliphatic rings. The standard InChI is InChI=1S/C29H60FNO13/c1-31-3-5-33-7-9-35-11-13-37-15-17-39-19-21-41-23-25-43-27-29-44-28-26-42-24-22-40-20-18-38-16-14-36-12-10-34-8-6-32-4-2-30/h31H,2-29H2,1H3. The Morgan fingerprint density at radius 3 is 0.591 bits per heavy atom. The third-order valence-corrected chi connectivity index (χ3v) is 5.18. The number of nitrogens with one attached hydrogen (secondary N) is 1. The zero-order valence-electron chi connectivity index (χ0n) is 27.0. The van der Waals surface area contributed by atoms with Crippen LogP contribution in [-0.2, 0) is 61.6 Å². The Hall–Kier alpha value is -0.630. The van der Waals surface area contributed by atoms with E-state index in [2.05, 4.69) is 5.32 Å². The molecule has 0 aliphatic heterocycles. The molecule has 0 aromatic rings. The molecule has 0 radical (unpaired) electrons. The van der Waals surface area contributed by atoms with Gasteiger partial charge in [0.1, 0.15) is 6.67 Å². The molecule has 0 heterocycles. The molecule has 0 atom stereocenters. The highest BCUT2D eigenvalue weighted by atomic mass is 19.1. The first kappa shape index (κ1) is 43.4. The number of rotatable bonds is 41. The van der Waals surface area contributed by atoms with Crippen LogP contribution in [0.15, 0.2) is 0 Å². The van der Waals surface area contributed by atoms with E-state index in [1.807, 2.05) is 7.05 Å². The molecule has 0 aromatic carbocycles. The van der Waals surface area contributed by atoms with Crippen LogP contribution in [0.1, 0.15) is 0 Å². The van der Waals surface area contributed by atoms with E-state index in [0.29, 0.717) is 165 Å². The summed E-state index contributed by atoms with van der Waals surface area (Å²) in [6, 6.07) is 0. The maximum atomic E-state index is 11.8. The van der Waals surface area contributed by atoms with Crippen LogP contribution in [0.3, 0.4) is 0 Å². The van der Waals surface area contributed by atoms with Crippen molar-refractivity contribution in [1.29, 1.82) is 0 Å². The number of alkyl halides is 1. The first-order valence-electron chi connectivity index (χ1n) is 15.6. The molecule has 15 heteroatoms. The molecule has 0 bridgehead atoms. The fourth-order valence-electron chi connectivity index (χ4n) is 2.97. The Kier molecular flexibility index (Phi) is 41.8. The summed E-state index contributed by atoms with van der Waals surface area (Å²) >= 11 is 0. The van der Waals surface area contributed by atoms with Crippen LogP contribution in [0, 0.1) is 0 Å². The summed E-state index contributed by atoms with van der Waals surface area (Å²) in [6.45, 7) is 13.3. The number of ether oxygens (including phenoxy) is 13. The third-order valence-electron chi connectivity index (χ3n) is 5.18. The van der Waals surface area contributed by atoms with Gasteiger partial charge in [-0.3, -0.25) is 0 Å². The number of hydrogen-bond donors (Lipinski definition) is 1. The fraction of sp³-hybridized carbons (Fsp3) is 1.00. The number of halogens is 1. The lowest BCUT2D eigenvalue weighted by Crippen LogP contribution is -2.17. The Morgan fingerprint density at radius 1 is 0.273 bits per heavy atom. The number of likely N-dealkylation sites (N-methyl/N-ethyl adjacent to an activating group) is 1. The molecular formula is C29H60FNO13. The quantitative estimate of drug-likeness (QED) is 0.0916. The molecule has 0 spiro atoms. The van der Waals surface area contributed by atoms with E-state index in [1.165, 1.54) is 0 Å². The topological polar surface area (TPSA) is 132 Å². The van der Waals surface area contributed by atoms with E-state index >= 15 is 0 Å². The zero-order chi connectivity index (χ0) is 31.7. The van der Waals surface area contributed by atoms with Crippen molar-refractivity contribution in [2.24, 2.45) is 0 Å². The van der Waals surface area contributed by atoms with E-state index in [4.69, 9.17) is 61.6 Å². The van der Waals surface area contributed by atoms with E-state index in [9.17, 15) is 4.39 Å². The van der Waals surface area contributed by atoms with Gasteiger partial charge in [0.05, 0.1) is 172 Å². The number of hydrogen-bond acceptors (Lipinski definition) is 14. The molecular weight excluding hydrogens is 589 g/mol. The Morgan fingerprint density at radius 2 is 0.432 bits per heavy atom. The minimum Gasteiger partial charge on any atom is -0.378 e. The van der Waals surface area contributed by atoms with Crippen LogP contribution in [0.2, 0.25) is 0 Å². The van der Waals surface area contributed by atoms with Gasteiger partial charge in [0.15, 0.2) is 0 Å². The molecule has 0 aromatic heterocycles. The lowest BCUT2D eigenvalue weighted by atomic mass is 10.6. The second-order valence-electron chi connectivity index (χ2n) is 8.75. The van der Waals surface area contributed by atoms with Gasteiger partial charge in [-0.2, -0.15) is 0 Å². The first-order valence-corrected chi connectivity index (χ1v) is 15.6. The van der Waals surface area contributed by atoms with Gasteiger partial charge in [-0.05, 0) is 7.05 Å². The maximum Gasteiger partial charge on any atom is 0.113 e. The van der Waals surface area contributed by atoms with E-state index < -0.39 is 6.67 Å². The molecule has 0 saturated heterocycles. The summed E-state index contributed by atoms with van der Waals surface area (Å²) in [5, 5.41) is 3.02. The van der Waals surface area contributed by atoms with Crippen molar-refractivity contribution in [3.8, 4) is 0 Å². The Balaban J connectivity index is 3.03. The summed E-state index contributed by atoms with van der Waals surface area (Å²) in [7, 11) is 1.89. The summed E-state index contributed by atoms with van der Waals surface area (Å²) in [5.41, 5.74) is 0. The lowest BCUT2D eigenvalue weighted by Gasteiger charge is -2.09. The van der Waals surface area contributed by atoms with Crippen LogP contribution in [0.4, 0.5) is 4.39 Å². The fourth-order valence-corrected chi connectivity index (χ4v) is 2.97. The Bertz CT molecular complexity index is 462. The maximum absolute atomic E-state index is 11.8. The largest absolute Gasteiger partial charge is 0.378 e. The molecule has 0 aliphatic carbocycles. The van der Waals surface area contributed by atoms with E-state index in [1.54, 1.807) is 0 Å². The van der Waals surface area contributed by atoms with Crippen molar-refractivity contribution in [3.05, 3.63) is 0 Å².